The molecule has 0 atom stereocenters. The Morgan fingerprint density at radius 3 is 2.65 bits per heavy atom. The number of hydrogen-bond donors (Lipinski definition) is 2. The van der Waals surface area contributed by atoms with Crippen molar-refractivity contribution in [2.24, 2.45) is 5.73 Å². The highest BCUT2D eigenvalue weighted by Crippen LogP contribution is 2.17. The van der Waals surface area contributed by atoms with Crippen molar-refractivity contribution in [3.05, 3.63) is 59.7 Å². The summed E-state index contributed by atoms with van der Waals surface area (Å²) in [4.78, 5) is 0.403. The Morgan fingerprint density at radius 1 is 1.20 bits per heavy atom. The number of nitrogens with two attached hydrogens (primary N) is 1. The van der Waals surface area contributed by atoms with Crippen LogP contribution in [0.3, 0.4) is 0 Å². The lowest BCUT2D eigenvalue weighted by Crippen LogP contribution is -2.16. The standard InChI is InChI=1S/C16H18N2OS/c1-12-7-8-15(14(11-12)16(17)20)18-9-10-19-13-5-3-2-4-6-13/h2-8,11,18H,9-10H2,1H3,(H2,17,20). The Balaban J connectivity index is 1.90. The predicted octanol–water partition coefficient (Wildman–Crippen LogP) is 3.12. The average molecular weight is 286 g/mol. The van der Waals surface area contributed by atoms with Crippen molar-refractivity contribution >= 4 is 22.9 Å². The Hall–Kier alpha value is -2.07. The molecule has 0 saturated heterocycles. The normalized spacial score (nSPS) is 10.1. The van der Waals surface area contributed by atoms with E-state index in [0.717, 1.165) is 22.6 Å². The second-order valence-corrected chi connectivity index (χ2v) is 4.94. The zero-order chi connectivity index (χ0) is 14.4. The van der Waals surface area contributed by atoms with Gasteiger partial charge < -0.3 is 15.8 Å². The Labute approximate surface area is 124 Å². The van der Waals surface area contributed by atoms with Crippen LogP contribution in [-0.2, 0) is 0 Å². The van der Waals surface area contributed by atoms with Gasteiger partial charge in [-0.25, -0.2) is 0 Å². The number of para-hydroxylation sites is 1. The molecule has 20 heavy (non-hydrogen) atoms. The van der Waals surface area contributed by atoms with E-state index in [1.54, 1.807) is 0 Å². The number of thiocarbonyl (C=S) groups is 1. The lowest BCUT2D eigenvalue weighted by molar-refractivity contribution is 0.333. The average Bonchev–Trinajstić information content (AvgIpc) is 2.45. The van der Waals surface area contributed by atoms with Gasteiger partial charge in [0, 0.05) is 17.8 Å². The van der Waals surface area contributed by atoms with E-state index in [4.69, 9.17) is 22.7 Å². The van der Waals surface area contributed by atoms with Gasteiger partial charge in [0.2, 0.25) is 0 Å². The van der Waals surface area contributed by atoms with Crippen molar-refractivity contribution < 1.29 is 4.74 Å². The minimum absolute atomic E-state index is 0.403. The third-order valence-corrected chi connectivity index (χ3v) is 3.09. The van der Waals surface area contributed by atoms with E-state index in [9.17, 15) is 0 Å². The van der Waals surface area contributed by atoms with Crippen LogP contribution in [0.25, 0.3) is 0 Å². The molecule has 2 aromatic carbocycles. The van der Waals surface area contributed by atoms with Crippen LogP contribution in [0.15, 0.2) is 48.5 Å². The molecular formula is C16H18N2OS. The molecule has 0 aliphatic heterocycles. The number of hydrogen-bond acceptors (Lipinski definition) is 3. The smallest absolute Gasteiger partial charge is 0.119 e. The Morgan fingerprint density at radius 2 is 1.95 bits per heavy atom. The highest BCUT2D eigenvalue weighted by Gasteiger charge is 2.05. The van der Waals surface area contributed by atoms with Gasteiger partial charge in [-0.3, -0.25) is 0 Å². The van der Waals surface area contributed by atoms with E-state index in [2.05, 4.69) is 5.32 Å². The first-order chi connectivity index (χ1) is 9.66. The molecule has 4 heteroatoms. The number of rotatable bonds is 6. The summed E-state index contributed by atoms with van der Waals surface area (Å²) in [6.45, 7) is 3.28. The first-order valence-corrected chi connectivity index (χ1v) is 6.90. The summed E-state index contributed by atoms with van der Waals surface area (Å²) < 4.78 is 5.63. The molecule has 0 amide bonds. The molecule has 0 saturated carbocycles. The first kappa shape index (κ1) is 14.3. The van der Waals surface area contributed by atoms with Crippen molar-refractivity contribution in [2.75, 3.05) is 18.5 Å². The van der Waals surface area contributed by atoms with Crippen LogP contribution in [0.4, 0.5) is 5.69 Å². The molecule has 3 N–H and O–H groups in total. The highest BCUT2D eigenvalue weighted by atomic mass is 32.1. The zero-order valence-electron chi connectivity index (χ0n) is 11.4. The second-order valence-electron chi connectivity index (χ2n) is 4.50. The van der Waals surface area contributed by atoms with E-state index < -0.39 is 0 Å². The molecular weight excluding hydrogens is 268 g/mol. The van der Waals surface area contributed by atoms with Gasteiger partial charge >= 0.3 is 0 Å². The molecule has 0 bridgehead atoms. The maximum Gasteiger partial charge on any atom is 0.119 e. The summed E-state index contributed by atoms with van der Waals surface area (Å²) >= 11 is 5.07. The maximum atomic E-state index is 5.74. The van der Waals surface area contributed by atoms with Gasteiger partial charge in [0.15, 0.2) is 0 Å². The minimum atomic E-state index is 0.403. The second kappa shape index (κ2) is 6.91. The summed E-state index contributed by atoms with van der Waals surface area (Å²) in [5, 5.41) is 3.30. The Bertz CT molecular complexity index is 584. The van der Waals surface area contributed by atoms with Gasteiger partial charge in [-0.05, 0) is 31.2 Å². The highest BCUT2D eigenvalue weighted by molar-refractivity contribution is 7.80. The molecule has 2 rings (SSSR count). The summed E-state index contributed by atoms with van der Waals surface area (Å²) in [6, 6.07) is 15.8. The zero-order valence-corrected chi connectivity index (χ0v) is 12.2. The number of anilines is 1. The van der Waals surface area contributed by atoms with Gasteiger partial charge in [0.05, 0.1) is 0 Å². The van der Waals surface area contributed by atoms with Gasteiger partial charge in [-0.2, -0.15) is 0 Å². The Kier molecular flexibility index (Phi) is 4.96. The lowest BCUT2D eigenvalue weighted by atomic mass is 10.1. The fourth-order valence-corrected chi connectivity index (χ4v) is 2.06. The molecule has 2 aromatic rings. The summed E-state index contributed by atoms with van der Waals surface area (Å²) in [6.07, 6.45) is 0. The third kappa shape index (κ3) is 3.96. The van der Waals surface area contributed by atoms with E-state index >= 15 is 0 Å². The maximum absolute atomic E-state index is 5.74. The third-order valence-electron chi connectivity index (χ3n) is 2.87. The van der Waals surface area contributed by atoms with Gasteiger partial charge in [0.1, 0.15) is 17.3 Å². The summed E-state index contributed by atoms with van der Waals surface area (Å²) in [5.74, 6) is 0.868. The minimum Gasteiger partial charge on any atom is -0.492 e. The molecule has 0 aromatic heterocycles. The van der Waals surface area contributed by atoms with E-state index in [0.29, 0.717) is 18.1 Å². The van der Waals surface area contributed by atoms with E-state index in [1.807, 2.05) is 55.5 Å². The molecule has 104 valence electrons. The molecule has 3 nitrogen and oxygen atoms in total. The quantitative estimate of drug-likeness (QED) is 0.633. The first-order valence-electron chi connectivity index (χ1n) is 6.49. The number of ether oxygens (including phenoxy) is 1. The van der Waals surface area contributed by atoms with Crippen LogP contribution in [0.5, 0.6) is 5.75 Å². The van der Waals surface area contributed by atoms with Crippen LogP contribution in [-0.4, -0.2) is 18.1 Å². The van der Waals surface area contributed by atoms with Gasteiger partial charge in [-0.15, -0.1) is 0 Å². The number of aryl methyl sites for hydroxylation is 1. The van der Waals surface area contributed by atoms with Crippen LogP contribution in [0, 0.1) is 6.92 Å². The van der Waals surface area contributed by atoms with Gasteiger partial charge in [0.25, 0.3) is 0 Å². The molecule has 0 fully saturated rings. The van der Waals surface area contributed by atoms with Crippen molar-refractivity contribution in [1.29, 1.82) is 0 Å². The summed E-state index contributed by atoms with van der Waals surface area (Å²) in [7, 11) is 0. The fraction of sp³-hybridized carbons (Fsp3) is 0.188. The van der Waals surface area contributed by atoms with Gasteiger partial charge in [-0.1, -0.05) is 42.0 Å². The van der Waals surface area contributed by atoms with Crippen LogP contribution >= 0.6 is 12.2 Å². The van der Waals surface area contributed by atoms with Crippen molar-refractivity contribution in [2.45, 2.75) is 6.92 Å². The largest absolute Gasteiger partial charge is 0.492 e. The molecule has 0 radical (unpaired) electrons. The van der Waals surface area contributed by atoms with E-state index in [-0.39, 0.29) is 0 Å². The molecule has 0 aliphatic rings. The van der Waals surface area contributed by atoms with Crippen molar-refractivity contribution in [3.63, 3.8) is 0 Å². The van der Waals surface area contributed by atoms with Crippen LogP contribution in [0.1, 0.15) is 11.1 Å². The van der Waals surface area contributed by atoms with Crippen LogP contribution < -0.4 is 15.8 Å². The SMILES string of the molecule is Cc1ccc(NCCOc2ccccc2)c(C(N)=S)c1. The fourth-order valence-electron chi connectivity index (χ4n) is 1.89. The lowest BCUT2D eigenvalue weighted by Gasteiger charge is -2.12. The summed E-state index contributed by atoms with van der Waals surface area (Å²) in [5.41, 5.74) is 8.70. The van der Waals surface area contributed by atoms with E-state index in [1.165, 1.54) is 0 Å². The molecule has 0 aliphatic carbocycles. The number of nitrogens with one attached hydrogen (secondary N) is 1. The van der Waals surface area contributed by atoms with Crippen molar-refractivity contribution in [1.82, 2.24) is 0 Å². The molecule has 0 spiro atoms. The predicted molar refractivity (Wildman–Crippen MR) is 87.5 cm³/mol. The molecule has 0 unspecified atom stereocenters. The molecule has 0 heterocycles. The van der Waals surface area contributed by atoms with Crippen LogP contribution in [0.2, 0.25) is 0 Å². The number of benzene rings is 2. The monoisotopic (exact) mass is 286 g/mol. The van der Waals surface area contributed by atoms with Crippen molar-refractivity contribution in [3.8, 4) is 5.75 Å². The topological polar surface area (TPSA) is 47.3 Å².